The topological polar surface area (TPSA) is 128 Å². The summed E-state index contributed by atoms with van der Waals surface area (Å²) in [4.78, 5) is 12.7. The number of phenols is 2. The summed E-state index contributed by atoms with van der Waals surface area (Å²) in [6, 6.07) is 2.96. The Hall–Kier alpha value is -2.39. The van der Waals surface area contributed by atoms with Gasteiger partial charge in [0.15, 0.2) is 11.5 Å². The molecule has 6 atom stereocenters. The van der Waals surface area contributed by atoms with Crippen LogP contribution >= 0.6 is 0 Å². The molecule has 0 saturated heterocycles. The number of hydrogen-bond acceptors (Lipinski definition) is 7. The summed E-state index contributed by atoms with van der Waals surface area (Å²) in [6.45, 7) is 7.34. The van der Waals surface area contributed by atoms with E-state index in [1.807, 2.05) is 26.8 Å². The Bertz CT molecular complexity index is 926. The molecule has 1 aliphatic rings. The van der Waals surface area contributed by atoms with Gasteiger partial charge in [0, 0.05) is 43.0 Å². The Labute approximate surface area is 208 Å². The number of allylic oxidation sites excluding steroid dienone is 1. The second kappa shape index (κ2) is 13.1. The van der Waals surface area contributed by atoms with E-state index in [-0.39, 0.29) is 29.2 Å². The van der Waals surface area contributed by atoms with Crippen LogP contribution in [0.15, 0.2) is 35.4 Å². The molecule has 0 aromatic heterocycles. The number of fused-ring (bicyclic) bond motifs is 2. The summed E-state index contributed by atoms with van der Waals surface area (Å²) < 4.78 is 11.1. The van der Waals surface area contributed by atoms with E-state index in [4.69, 9.17) is 9.47 Å². The monoisotopic (exact) mass is 491 g/mol. The molecule has 5 N–H and O–H groups in total. The molecule has 1 aromatic carbocycles. The number of anilines is 1. The van der Waals surface area contributed by atoms with Gasteiger partial charge in [-0.15, -0.1) is 0 Å². The van der Waals surface area contributed by atoms with Crippen LogP contribution < -0.4 is 5.32 Å². The lowest BCUT2D eigenvalue weighted by Crippen LogP contribution is -2.35. The molecular formula is C27H41NO7. The summed E-state index contributed by atoms with van der Waals surface area (Å²) in [7, 11) is 3.08. The van der Waals surface area contributed by atoms with Crippen molar-refractivity contribution >= 4 is 11.6 Å². The third-order valence-electron chi connectivity index (χ3n) is 6.76. The molecule has 8 nitrogen and oxygen atoms in total. The maximum Gasteiger partial charge on any atom is 0.250 e. The molecule has 0 spiro atoms. The van der Waals surface area contributed by atoms with Crippen molar-refractivity contribution in [3.8, 4) is 11.5 Å². The number of carbonyl (C=O) groups is 1. The van der Waals surface area contributed by atoms with Crippen molar-refractivity contribution in [1.82, 2.24) is 0 Å². The summed E-state index contributed by atoms with van der Waals surface area (Å²) in [5.74, 6) is -1.17. The van der Waals surface area contributed by atoms with E-state index in [0.717, 1.165) is 0 Å². The lowest BCUT2D eigenvalue weighted by molar-refractivity contribution is -0.112. The number of hydrogen-bond donors (Lipinski definition) is 5. The van der Waals surface area contributed by atoms with E-state index >= 15 is 0 Å². The van der Waals surface area contributed by atoms with Gasteiger partial charge >= 0.3 is 0 Å². The highest BCUT2D eigenvalue weighted by Crippen LogP contribution is 2.35. The predicted molar refractivity (Wildman–Crippen MR) is 135 cm³/mol. The zero-order chi connectivity index (χ0) is 26.3. The van der Waals surface area contributed by atoms with Crippen LogP contribution in [0.5, 0.6) is 11.5 Å². The van der Waals surface area contributed by atoms with E-state index in [0.29, 0.717) is 48.1 Å². The van der Waals surface area contributed by atoms with Gasteiger partial charge in [0.05, 0.1) is 18.3 Å². The molecule has 0 fully saturated rings. The van der Waals surface area contributed by atoms with Gasteiger partial charge in [-0.05, 0) is 57.1 Å². The average molecular weight is 492 g/mol. The highest BCUT2D eigenvalue weighted by Gasteiger charge is 2.28. The highest BCUT2D eigenvalue weighted by molar-refractivity contribution is 6.03. The van der Waals surface area contributed by atoms with Crippen LogP contribution in [-0.4, -0.2) is 65.0 Å². The lowest BCUT2D eigenvalue weighted by atomic mass is 9.88. The summed E-state index contributed by atoms with van der Waals surface area (Å²) in [5, 5.41) is 45.2. The van der Waals surface area contributed by atoms with Gasteiger partial charge in [-0.1, -0.05) is 26.0 Å². The van der Waals surface area contributed by atoms with Crippen molar-refractivity contribution in [3.05, 3.63) is 41.0 Å². The molecule has 1 aliphatic heterocycles. The summed E-state index contributed by atoms with van der Waals surface area (Å²) in [6.07, 6.45) is 2.90. The average Bonchev–Trinajstić information content (AvgIpc) is 2.81. The minimum atomic E-state index is -0.855. The smallest absolute Gasteiger partial charge is 0.250 e. The van der Waals surface area contributed by atoms with E-state index in [1.54, 1.807) is 26.2 Å². The number of phenolic OH excluding ortho intramolecular Hbond substituents is 2. The Balaban J connectivity index is 2.44. The quantitative estimate of drug-likeness (QED) is 0.242. The van der Waals surface area contributed by atoms with Crippen molar-refractivity contribution < 1.29 is 34.7 Å². The molecule has 196 valence electrons. The zero-order valence-corrected chi connectivity index (χ0v) is 21.6. The van der Waals surface area contributed by atoms with E-state index < -0.39 is 24.4 Å². The Morgan fingerprint density at radius 3 is 2.31 bits per heavy atom. The van der Waals surface area contributed by atoms with Crippen molar-refractivity contribution in [2.75, 3.05) is 19.5 Å². The number of amides is 1. The molecule has 8 heteroatoms. The molecule has 1 amide bonds. The number of aliphatic hydroxyl groups is 2. The largest absolute Gasteiger partial charge is 0.504 e. The van der Waals surface area contributed by atoms with Crippen LogP contribution in [-0.2, 0) is 20.7 Å². The molecule has 0 saturated carbocycles. The molecular weight excluding hydrogens is 450 g/mol. The van der Waals surface area contributed by atoms with Gasteiger partial charge < -0.3 is 35.2 Å². The third kappa shape index (κ3) is 7.80. The Morgan fingerprint density at radius 2 is 1.69 bits per heavy atom. The molecule has 2 rings (SSSR count). The van der Waals surface area contributed by atoms with Gasteiger partial charge in [-0.25, -0.2) is 0 Å². The first-order chi connectivity index (χ1) is 16.5. The number of rotatable bonds is 2. The number of carbonyl (C=O) groups excluding carboxylic acids is 1. The van der Waals surface area contributed by atoms with Crippen LogP contribution in [0, 0.1) is 11.8 Å². The van der Waals surface area contributed by atoms with E-state index in [9.17, 15) is 25.2 Å². The minimum Gasteiger partial charge on any atom is -0.504 e. The van der Waals surface area contributed by atoms with E-state index in [1.165, 1.54) is 13.2 Å². The number of aromatic hydroxyl groups is 2. The molecule has 1 aromatic rings. The molecule has 0 aliphatic carbocycles. The van der Waals surface area contributed by atoms with Crippen molar-refractivity contribution in [3.63, 3.8) is 0 Å². The van der Waals surface area contributed by atoms with Gasteiger partial charge in [0.25, 0.3) is 5.91 Å². The van der Waals surface area contributed by atoms with Gasteiger partial charge in [-0.2, -0.15) is 0 Å². The predicted octanol–water partition coefficient (Wildman–Crippen LogP) is 3.68. The van der Waals surface area contributed by atoms with Crippen LogP contribution in [0.1, 0.15) is 52.5 Å². The summed E-state index contributed by atoms with van der Waals surface area (Å²) in [5.41, 5.74) is 2.05. The number of aliphatic hydroxyl groups excluding tert-OH is 2. The van der Waals surface area contributed by atoms with Crippen molar-refractivity contribution in [2.24, 2.45) is 11.8 Å². The number of methoxy groups -OCH3 is 2. The van der Waals surface area contributed by atoms with Crippen molar-refractivity contribution in [1.29, 1.82) is 0 Å². The molecule has 6 unspecified atom stereocenters. The maximum atomic E-state index is 12.7. The second-order valence-corrected chi connectivity index (χ2v) is 9.72. The molecule has 1 heterocycles. The first-order valence-corrected chi connectivity index (χ1v) is 12.1. The molecule has 0 radical (unpaired) electrons. The maximum absolute atomic E-state index is 12.7. The Morgan fingerprint density at radius 1 is 1.03 bits per heavy atom. The zero-order valence-electron chi connectivity index (χ0n) is 21.6. The Kier molecular flexibility index (Phi) is 10.8. The SMILES string of the molecule is COC1CCC=C(C)C(=O)Nc2cc(O)c(O)c(c2)CC(C)CC(OC)C(O)C(C)C=C(C)C1O. The number of nitrogens with one attached hydrogen (secondary N) is 1. The first-order valence-electron chi connectivity index (χ1n) is 12.1. The first kappa shape index (κ1) is 28.8. The normalized spacial score (nSPS) is 29.8. The fourth-order valence-electron chi connectivity index (χ4n) is 4.57. The number of benzene rings is 1. The fraction of sp³-hybridized carbons (Fsp3) is 0.593. The van der Waals surface area contributed by atoms with Crippen LogP contribution in [0.2, 0.25) is 0 Å². The number of ether oxygens (including phenoxy) is 2. The lowest BCUT2D eigenvalue weighted by Gasteiger charge is -2.29. The van der Waals surface area contributed by atoms with Gasteiger partial charge in [0.2, 0.25) is 0 Å². The summed E-state index contributed by atoms with van der Waals surface area (Å²) >= 11 is 0. The van der Waals surface area contributed by atoms with Gasteiger partial charge in [0.1, 0.15) is 6.10 Å². The molecule has 2 bridgehead atoms. The van der Waals surface area contributed by atoms with Crippen LogP contribution in [0.3, 0.4) is 0 Å². The second-order valence-electron chi connectivity index (χ2n) is 9.72. The fourth-order valence-corrected chi connectivity index (χ4v) is 4.57. The van der Waals surface area contributed by atoms with Crippen LogP contribution in [0.25, 0.3) is 0 Å². The third-order valence-corrected chi connectivity index (χ3v) is 6.76. The van der Waals surface area contributed by atoms with Gasteiger partial charge in [-0.3, -0.25) is 4.79 Å². The van der Waals surface area contributed by atoms with Crippen molar-refractivity contribution in [2.45, 2.75) is 77.8 Å². The minimum absolute atomic E-state index is 0.0182. The molecule has 35 heavy (non-hydrogen) atoms. The standard InChI is InChI=1S/C27H41NO7/c1-15-10-19-13-20(14-21(29)26(19)32)28-27(33)16(2)8-7-9-22(34-5)24(30)17(3)12-18(4)25(31)23(11-15)35-6/h8,12-15,18,22-25,29-32H,7,9-11H2,1-6H3,(H,28,33). The van der Waals surface area contributed by atoms with E-state index in [2.05, 4.69) is 5.32 Å². The highest BCUT2D eigenvalue weighted by atomic mass is 16.5. The van der Waals surface area contributed by atoms with Crippen LogP contribution in [0.4, 0.5) is 5.69 Å².